The lowest BCUT2D eigenvalue weighted by Gasteiger charge is -2.22. The van der Waals surface area contributed by atoms with Crippen molar-refractivity contribution in [2.24, 2.45) is 5.10 Å². The van der Waals surface area contributed by atoms with Crippen LogP contribution in [0.5, 0.6) is 5.75 Å². The van der Waals surface area contributed by atoms with E-state index in [-0.39, 0.29) is 34.5 Å². The highest BCUT2D eigenvalue weighted by molar-refractivity contribution is 6.42. The first-order valence-electron chi connectivity index (χ1n) is 12.4. The van der Waals surface area contributed by atoms with Gasteiger partial charge in [-0.3, -0.25) is 14.9 Å². The third-order valence-corrected chi connectivity index (χ3v) is 7.70. The summed E-state index contributed by atoms with van der Waals surface area (Å²) in [7, 11) is 0. The molecular formula is C28H23Cl3N4O4. The van der Waals surface area contributed by atoms with Gasteiger partial charge >= 0.3 is 5.69 Å². The Bertz CT molecular complexity index is 1650. The minimum atomic E-state index is -0.579. The molecule has 4 aromatic rings. The number of nitrogens with zero attached hydrogens (tertiary/aromatic N) is 4. The van der Waals surface area contributed by atoms with E-state index in [1.165, 1.54) is 23.0 Å². The molecule has 1 aliphatic rings. The average Bonchev–Trinajstić information content (AvgIpc) is 2.94. The lowest BCUT2D eigenvalue weighted by Crippen LogP contribution is -2.25. The number of para-hydroxylation sites is 1. The second-order valence-electron chi connectivity index (χ2n) is 9.33. The van der Waals surface area contributed by atoms with Crippen molar-refractivity contribution in [3.8, 4) is 5.75 Å². The predicted molar refractivity (Wildman–Crippen MR) is 154 cm³/mol. The third-order valence-electron chi connectivity index (χ3n) is 6.68. The summed E-state index contributed by atoms with van der Waals surface area (Å²) in [6, 6.07) is 14.9. The normalized spacial score (nSPS) is 14.2. The van der Waals surface area contributed by atoms with E-state index in [1.807, 2.05) is 12.1 Å². The van der Waals surface area contributed by atoms with Gasteiger partial charge in [0, 0.05) is 17.5 Å². The van der Waals surface area contributed by atoms with E-state index >= 15 is 0 Å². The van der Waals surface area contributed by atoms with Gasteiger partial charge in [-0.2, -0.15) is 9.78 Å². The van der Waals surface area contributed by atoms with Gasteiger partial charge in [0.15, 0.2) is 0 Å². The van der Waals surface area contributed by atoms with E-state index < -0.39 is 4.92 Å². The van der Waals surface area contributed by atoms with Gasteiger partial charge in [-0.25, -0.2) is 4.98 Å². The maximum absolute atomic E-state index is 13.4. The number of nitro groups is 1. The van der Waals surface area contributed by atoms with Crippen molar-refractivity contribution in [2.75, 3.05) is 0 Å². The first-order chi connectivity index (χ1) is 18.8. The molecule has 1 fully saturated rings. The SMILES string of the molecule is O=c1c2ccccc2nc(C2CCCCC2)n1N=Cc1cc(Cl)c(OCc2ccc(Cl)c(Cl)c2)c([N+](=O)[O-])c1. The van der Waals surface area contributed by atoms with Crippen LogP contribution in [0.2, 0.25) is 15.1 Å². The zero-order chi connectivity index (χ0) is 27.5. The Balaban J connectivity index is 1.50. The van der Waals surface area contributed by atoms with Crippen LogP contribution in [0.3, 0.4) is 0 Å². The van der Waals surface area contributed by atoms with Crippen LogP contribution in [0, 0.1) is 10.1 Å². The first kappa shape index (κ1) is 27.1. The topological polar surface area (TPSA) is 99.6 Å². The molecule has 0 radical (unpaired) electrons. The molecule has 11 heteroatoms. The Labute approximate surface area is 238 Å². The number of fused-ring (bicyclic) bond motifs is 1. The first-order valence-corrected chi connectivity index (χ1v) is 13.6. The molecule has 39 heavy (non-hydrogen) atoms. The molecule has 0 unspecified atom stereocenters. The zero-order valence-corrected chi connectivity index (χ0v) is 22.9. The minimum Gasteiger partial charge on any atom is -0.481 e. The Morgan fingerprint density at radius 3 is 2.54 bits per heavy atom. The number of benzene rings is 3. The van der Waals surface area contributed by atoms with Crippen LogP contribution in [0.25, 0.3) is 10.9 Å². The van der Waals surface area contributed by atoms with E-state index in [0.717, 1.165) is 32.1 Å². The molecule has 1 saturated carbocycles. The fraction of sp³-hybridized carbons (Fsp3) is 0.250. The van der Waals surface area contributed by atoms with Crippen LogP contribution in [-0.4, -0.2) is 20.8 Å². The van der Waals surface area contributed by atoms with Crippen molar-refractivity contribution in [1.82, 2.24) is 9.66 Å². The molecule has 0 atom stereocenters. The van der Waals surface area contributed by atoms with Gasteiger partial charge in [0.2, 0.25) is 5.75 Å². The fourth-order valence-corrected chi connectivity index (χ4v) is 5.34. The smallest absolute Gasteiger partial charge is 0.313 e. The van der Waals surface area contributed by atoms with Crippen molar-refractivity contribution < 1.29 is 9.66 Å². The number of hydrogen-bond donors (Lipinski definition) is 0. The van der Waals surface area contributed by atoms with E-state index in [0.29, 0.717) is 37.9 Å². The van der Waals surface area contributed by atoms with Crippen molar-refractivity contribution in [1.29, 1.82) is 0 Å². The van der Waals surface area contributed by atoms with Gasteiger partial charge in [0.05, 0.1) is 37.1 Å². The zero-order valence-electron chi connectivity index (χ0n) is 20.6. The monoisotopic (exact) mass is 584 g/mol. The second kappa shape index (κ2) is 11.7. The average molecular weight is 586 g/mol. The number of halogens is 3. The van der Waals surface area contributed by atoms with E-state index in [1.54, 1.807) is 30.3 Å². The van der Waals surface area contributed by atoms with Gasteiger partial charge in [-0.15, -0.1) is 0 Å². The number of aromatic nitrogens is 2. The molecule has 1 aliphatic carbocycles. The van der Waals surface area contributed by atoms with Crippen LogP contribution in [0.15, 0.2) is 64.5 Å². The van der Waals surface area contributed by atoms with Crippen LogP contribution in [0.4, 0.5) is 5.69 Å². The maximum atomic E-state index is 13.4. The molecule has 0 spiro atoms. The molecule has 3 aromatic carbocycles. The summed E-state index contributed by atoms with van der Waals surface area (Å²) in [5.74, 6) is 0.609. The molecular weight excluding hydrogens is 563 g/mol. The second-order valence-corrected chi connectivity index (χ2v) is 10.6. The molecule has 200 valence electrons. The lowest BCUT2D eigenvalue weighted by molar-refractivity contribution is -0.385. The fourth-order valence-electron chi connectivity index (χ4n) is 4.74. The minimum absolute atomic E-state index is 0.00616. The quantitative estimate of drug-likeness (QED) is 0.125. The van der Waals surface area contributed by atoms with Gasteiger partial charge in [-0.1, -0.05) is 72.3 Å². The summed E-state index contributed by atoms with van der Waals surface area (Å²) >= 11 is 18.4. The highest BCUT2D eigenvalue weighted by atomic mass is 35.5. The molecule has 1 heterocycles. The van der Waals surface area contributed by atoms with Crippen molar-refractivity contribution in [3.63, 3.8) is 0 Å². The van der Waals surface area contributed by atoms with Crippen LogP contribution < -0.4 is 10.3 Å². The largest absolute Gasteiger partial charge is 0.481 e. The molecule has 0 amide bonds. The predicted octanol–water partition coefficient (Wildman–Crippen LogP) is 7.77. The lowest BCUT2D eigenvalue weighted by atomic mass is 9.88. The summed E-state index contributed by atoms with van der Waals surface area (Å²) in [5.41, 5.74) is 0.999. The van der Waals surface area contributed by atoms with Crippen molar-refractivity contribution >= 4 is 57.6 Å². The van der Waals surface area contributed by atoms with E-state index in [4.69, 9.17) is 44.5 Å². The van der Waals surface area contributed by atoms with Gasteiger partial charge in [-0.05, 0) is 48.7 Å². The van der Waals surface area contributed by atoms with Crippen LogP contribution >= 0.6 is 34.8 Å². The Morgan fingerprint density at radius 2 is 1.79 bits per heavy atom. The van der Waals surface area contributed by atoms with Gasteiger partial charge < -0.3 is 4.74 Å². The molecule has 0 saturated heterocycles. The van der Waals surface area contributed by atoms with E-state index in [2.05, 4.69) is 5.10 Å². The number of rotatable bonds is 7. The van der Waals surface area contributed by atoms with Crippen molar-refractivity contribution in [2.45, 2.75) is 44.6 Å². The Hall–Kier alpha value is -3.46. The van der Waals surface area contributed by atoms with Gasteiger partial charge in [0.25, 0.3) is 5.56 Å². The Morgan fingerprint density at radius 1 is 1.03 bits per heavy atom. The van der Waals surface area contributed by atoms with Gasteiger partial charge in [0.1, 0.15) is 12.4 Å². The van der Waals surface area contributed by atoms with Crippen molar-refractivity contribution in [3.05, 3.63) is 107 Å². The van der Waals surface area contributed by atoms with Crippen LogP contribution in [-0.2, 0) is 6.61 Å². The molecule has 8 nitrogen and oxygen atoms in total. The molecule has 5 rings (SSSR count). The van der Waals surface area contributed by atoms with E-state index in [9.17, 15) is 14.9 Å². The summed E-state index contributed by atoms with van der Waals surface area (Å²) in [5, 5.41) is 17.6. The molecule has 1 aromatic heterocycles. The highest BCUT2D eigenvalue weighted by Gasteiger charge is 2.23. The standard InChI is InChI=1S/C28H23Cl3N4O4/c29-21-11-10-17(12-22(21)30)16-39-26-23(31)13-18(14-25(26)35(37)38)15-32-34-27(19-6-2-1-3-7-19)33-24-9-5-4-8-20(24)28(34)36/h4-5,8-15,19H,1-3,6-7,16H2. The third kappa shape index (κ3) is 5.93. The number of nitro benzene ring substituents is 1. The molecule has 0 aliphatic heterocycles. The Kier molecular flexibility index (Phi) is 8.16. The molecule has 0 bridgehead atoms. The number of ether oxygens (including phenoxy) is 1. The molecule has 0 N–H and O–H groups in total. The summed E-state index contributed by atoms with van der Waals surface area (Å²) in [6.07, 6.45) is 6.49. The maximum Gasteiger partial charge on any atom is 0.313 e. The summed E-state index contributed by atoms with van der Waals surface area (Å²) in [4.78, 5) is 29.5. The number of hydrogen-bond acceptors (Lipinski definition) is 6. The summed E-state index contributed by atoms with van der Waals surface area (Å²) < 4.78 is 7.02. The summed E-state index contributed by atoms with van der Waals surface area (Å²) in [6.45, 7) is -0.00616. The van der Waals surface area contributed by atoms with Crippen LogP contribution in [0.1, 0.15) is 55.0 Å². The highest BCUT2D eigenvalue weighted by Crippen LogP contribution is 2.37.